The molecule has 0 aromatic carbocycles. The van der Waals surface area contributed by atoms with Gasteiger partial charge in [0, 0.05) is 26.7 Å². The van der Waals surface area contributed by atoms with Crippen molar-refractivity contribution in [3.05, 3.63) is 0 Å². The van der Waals surface area contributed by atoms with Crippen molar-refractivity contribution in [2.24, 2.45) is 5.41 Å². The second kappa shape index (κ2) is 4.80. The van der Waals surface area contributed by atoms with Gasteiger partial charge in [0.05, 0.1) is 6.61 Å². The Morgan fingerprint density at radius 1 is 1.58 bits per heavy atom. The molecule has 72 valence electrons. The Morgan fingerprint density at radius 2 is 2.42 bits per heavy atom. The maximum Gasteiger partial charge on any atom is 0.0587 e. The van der Waals surface area contributed by atoms with Gasteiger partial charge in [0.2, 0.25) is 0 Å². The molecule has 12 heavy (non-hydrogen) atoms. The van der Waals surface area contributed by atoms with E-state index >= 15 is 0 Å². The van der Waals surface area contributed by atoms with Crippen LogP contribution in [-0.2, 0) is 4.74 Å². The Bertz CT molecular complexity index is 122. The molecule has 0 spiro atoms. The average molecular weight is 172 g/mol. The lowest BCUT2D eigenvalue weighted by molar-refractivity contribution is 0.194. The van der Waals surface area contributed by atoms with Crippen molar-refractivity contribution in [2.45, 2.75) is 13.3 Å². The van der Waals surface area contributed by atoms with Gasteiger partial charge in [-0.15, -0.1) is 0 Å². The largest absolute Gasteiger partial charge is 0.383 e. The zero-order chi connectivity index (χ0) is 8.86. The lowest BCUT2D eigenvalue weighted by Crippen LogP contribution is -2.35. The van der Waals surface area contributed by atoms with E-state index in [0.29, 0.717) is 5.41 Å². The van der Waals surface area contributed by atoms with Crippen LogP contribution in [0.15, 0.2) is 0 Å². The zero-order valence-electron chi connectivity index (χ0n) is 8.15. The van der Waals surface area contributed by atoms with Crippen molar-refractivity contribution in [3.8, 4) is 0 Å². The number of nitrogens with one attached hydrogen (secondary N) is 2. The van der Waals surface area contributed by atoms with Gasteiger partial charge in [-0.2, -0.15) is 0 Å². The first-order valence-corrected chi connectivity index (χ1v) is 4.67. The maximum absolute atomic E-state index is 4.96. The fraction of sp³-hybridized carbons (Fsp3) is 1.00. The first-order chi connectivity index (χ1) is 5.77. The molecule has 3 nitrogen and oxygen atoms in total. The zero-order valence-corrected chi connectivity index (χ0v) is 8.15. The highest BCUT2D eigenvalue weighted by atomic mass is 16.5. The topological polar surface area (TPSA) is 33.3 Å². The SMILES string of the molecule is COCCNCC1(C)CCNC1. The van der Waals surface area contributed by atoms with E-state index in [-0.39, 0.29) is 0 Å². The molecule has 1 unspecified atom stereocenters. The van der Waals surface area contributed by atoms with Crippen LogP contribution in [0.4, 0.5) is 0 Å². The Balaban J connectivity index is 2.05. The van der Waals surface area contributed by atoms with Gasteiger partial charge in [0.15, 0.2) is 0 Å². The minimum Gasteiger partial charge on any atom is -0.383 e. The van der Waals surface area contributed by atoms with Crippen LogP contribution < -0.4 is 10.6 Å². The van der Waals surface area contributed by atoms with Crippen LogP contribution in [0.2, 0.25) is 0 Å². The van der Waals surface area contributed by atoms with Crippen LogP contribution in [0, 0.1) is 5.41 Å². The second-order valence-electron chi connectivity index (χ2n) is 3.91. The summed E-state index contributed by atoms with van der Waals surface area (Å²) in [7, 11) is 1.74. The molecule has 0 aromatic rings. The molecule has 3 heteroatoms. The lowest BCUT2D eigenvalue weighted by atomic mass is 9.90. The van der Waals surface area contributed by atoms with Crippen molar-refractivity contribution in [1.29, 1.82) is 0 Å². The number of hydrogen-bond donors (Lipinski definition) is 2. The van der Waals surface area contributed by atoms with Gasteiger partial charge in [-0.05, 0) is 18.4 Å². The number of ether oxygens (including phenoxy) is 1. The highest BCUT2D eigenvalue weighted by molar-refractivity contribution is 4.85. The van der Waals surface area contributed by atoms with Crippen LogP contribution in [0.25, 0.3) is 0 Å². The Hall–Kier alpha value is -0.120. The third-order valence-electron chi connectivity index (χ3n) is 2.49. The molecular formula is C9H20N2O. The van der Waals surface area contributed by atoms with Crippen LogP contribution >= 0.6 is 0 Å². The molecule has 1 aliphatic rings. The lowest BCUT2D eigenvalue weighted by Gasteiger charge is -2.22. The van der Waals surface area contributed by atoms with Gasteiger partial charge >= 0.3 is 0 Å². The number of methoxy groups -OCH3 is 1. The van der Waals surface area contributed by atoms with E-state index in [9.17, 15) is 0 Å². The molecule has 0 radical (unpaired) electrons. The fourth-order valence-electron chi connectivity index (χ4n) is 1.58. The molecule has 1 atom stereocenters. The predicted molar refractivity (Wildman–Crippen MR) is 50.3 cm³/mol. The molecule has 1 aliphatic heterocycles. The highest BCUT2D eigenvalue weighted by Gasteiger charge is 2.27. The van der Waals surface area contributed by atoms with Gasteiger partial charge in [0.25, 0.3) is 0 Å². The molecule has 1 saturated heterocycles. The van der Waals surface area contributed by atoms with E-state index < -0.39 is 0 Å². The predicted octanol–water partition coefficient (Wildman–Crippen LogP) is 0.222. The van der Waals surface area contributed by atoms with Crippen molar-refractivity contribution >= 4 is 0 Å². The summed E-state index contributed by atoms with van der Waals surface area (Å²) in [6.45, 7) is 7.52. The number of rotatable bonds is 5. The monoisotopic (exact) mass is 172 g/mol. The Morgan fingerprint density at radius 3 is 3.00 bits per heavy atom. The summed E-state index contributed by atoms with van der Waals surface area (Å²) < 4.78 is 4.96. The molecule has 1 heterocycles. The first-order valence-electron chi connectivity index (χ1n) is 4.67. The summed E-state index contributed by atoms with van der Waals surface area (Å²) in [5.74, 6) is 0. The third-order valence-corrected chi connectivity index (χ3v) is 2.49. The van der Waals surface area contributed by atoms with Gasteiger partial charge in [-0.3, -0.25) is 0 Å². The molecule has 1 rings (SSSR count). The van der Waals surface area contributed by atoms with Crippen LogP contribution in [0.1, 0.15) is 13.3 Å². The third kappa shape index (κ3) is 3.09. The van der Waals surface area contributed by atoms with Crippen molar-refractivity contribution in [1.82, 2.24) is 10.6 Å². The molecular weight excluding hydrogens is 152 g/mol. The van der Waals surface area contributed by atoms with Gasteiger partial charge in [0.1, 0.15) is 0 Å². The summed E-state index contributed by atoms with van der Waals surface area (Å²) in [6.07, 6.45) is 1.28. The van der Waals surface area contributed by atoms with E-state index in [2.05, 4.69) is 17.6 Å². The van der Waals surface area contributed by atoms with Crippen molar-refractivity contribution < 1.29 is 4.74 Å². The van der Waals surface area contributed by atoms with Gasteiger partial charge < -0.3 is 15.4 Å². The summed E-state index contributed by atoms with van der Waals surface area (Å²) in [4.78, 5) is 0. The fourth-order valence-corrected chi connectivity index (χ4v) is 1.58. The summed E-state index contributed by atoms with van der Waals surface area (Å²) >= 11 is 0. The van der Waals surface area contributed by atoms with Crippen LogP contribution in [0.3, 0.4) is 0 Å². The molecule has 0 aliphatic carbocycles. The van der Waals surface area contributed by atoms with Crippen molar-refractivity contribution in [3.63, 3.8) is 0 Å². The normalized spacial score (nSPS) is 29.5. The van der Waals surface area contributed by atoms with E-state index in [1.54, 1.807) is 7.11 Å². The standard InChI is InChI=1S/C9H20N2O/c1-9(3-4-10-7-9)8-11-5-6-12-2/h10-11H,3-8H2,1-2H3. The van der Waals surface area contributed by atoms with Crippen LogP contribution in [0.5, 0.6) is 0 Å². The van der Waals surface area contributed by atoms with E-state index in [0.717, 1.165) is 26.2 Å². The summed E-state index contributed by atoms with van der Waals surface area (Å²) in [5, 5.41) is 6.79. The molecule has 0 bridgehead atoms. The molecule has 0 aromatic heterocycles. The quantitative estimate of drug-likeness (QED) is 0.582. The van der Waals surface area contributed by atoms with E-state index in [1.807, 2.05) is 0 Å². The average Bonchev–Trinajstić information content (AvgIpc) is 2.47. The highest BCUT2D eigenvalue weighted by Crippen LogP contribution is 2.22. The molecule has 1 fully saturated rings. The van der Waals surface area contributed by atoms with Crippen molar-refractivity contribution in [2.75, 3.05) is 39.9 Å². The minimum atomic E-state index is 0.466. The second-order valence-corrected chi connectivity index (χ2v) is 3.91. The van der Waals surface area contributed by atoms with Gasteiger partial charge in [-0.1, -0.05) is 6.92 Å². The van der Waals surface area contributed by atoms with Crippen LogP contribution in [-0.4, -0.2) is 39.9 Å². The molecule has 2 N–H and O–H groups in total. The summed E-state index contributed by atoms with van der Waals surface area (Å²) in [5.41, 5.74) is 0.466. The van der Waals surface area contributed by atoms with E-state index in [4.69, 9.17) is 4.74 Å². The van der Waals surface area contributed by atoms with Gasteiger partial charge in [-0.25, -0.2) is 0 Å². The summed E-state index contributed by atoms with van der Waals surface area (Å²) in [6, 6.07) is 0. The molecule has 0 saturated carbocycles. The smallest absolute Gasteiger partial charge is 0.0587 e. The molecule has 0 amide bonds. The van der Waals surface area contributed by atoms with E-state index in [1.165, 1.54) is 13.0 Å². The maximum atomic E-state index is 4.96. The Kier molecular flexibility index (Phi) is 3.98. The first kappa shape index (κ1) is 9.96. The minimum absolute atomic E-state index is 0.466. The number of hydrogen-bond acceptors (Lipinski definition) is 3. The Labute approximate surface area is 74.9 Å².